The number of allylic oxidation sites excluding steroid dienone is 2. The largest absolute Gasteiger partial charge is 0.472 e. The Morgan fingerprint density at radius 1 is 0.625 bits per heavy atom. The van der Waals surface area contributed by atoms with Crippen LogP contribution in [0.3, 0.4) is 0 Å². The average molecular weight is 705 g/mol. The van der Waals surface area contributed by atoms with Crippen LogP contribution < -0.4 is 0 Å². The van der Waals surface area contributed by atoms with Crippen LogP contribution in [0.5, 0.6) is 0 Å². The first-order valence-corrected chi connectivity index (χ1v) is 20.9. The fourth-order valence-corrected chi connectivity index (χ4v) is 5.93. The minimum absolute atomic E-state index is 0.0333. The molecule has 9 nitrogen and oxygen atoms in total. The van der Waals surface area contributed by atoms with Gasteiger partial charge in [-0.05, 0) is 38.5 Å². The van der Waals surface area contributed by atoms with Gasteiger partial charge in [0.05, 0.1) is 27.7 Å². The topological polar surface area (TPSA) is 108 Å². The van der Waals surface area contributed by atoms with Gasteiger partial charge >= 0.3 is 19.8 Å². The average Bonchev–Trinajstić information content (AvgIpc) is 3.02. The Morgan fingerprint density at radius 2 is 1.06 bits per heavy atom. The number of phosphoric acid groups is 1. The van der Waals surface area contributed by atoms with Crippen molar-refractivity contribution in [3.63, 3.8) is 0 Å². The van der Waals surface area contributed by atoms with Crippen LogP contribution in [0.25, 0.3) is 0 Å². The lowest BCUT2D eigenvalue weighted by Gasteiger charge is -2.24. The fraction of sp³-hybridized carbons (Fsp3) is 0.895. The molecule has 0 amide bonds. The van der Waals surface area contributed by atoms with Crippen LogP contribution >= 0.6 is 7.82 Å². The molecule has 0 spiro atoms. The lowest BCUT2D eigenvalue weighted by molar-refractivity contribution is -0.870. The molecule has 10 heteroatoms. The molecule has 48 heavy (non-hydrogen) atoms. The summed E-state index contributed by atoms with van der Waals surface area (Å²) >= 11 is 0. The normalized spacial score (nSPS) is 13.9. The molecule has 0 bridgehead atoms. The lowest BCUT2D eigenvalue weighted by Crippen LogP contribution is -2.37. The fourth-order valence-electron chi connectivity index (χ4n) is 5.18. The van der Waals surface area contributed by atoms with E-state index in [1.807, 2.05) is 21.1 Å². The van der Waals surface area contributed by atoms with Crippen LogP contribution in [-0.4, -0.2) is 74.9 Å². The van der Waals surface area contributed by atoms with Crippen LogP contribution in [0.4, 0.5) is 0 Å². The third kappa shape index (κ3) is 34.6. The number of unbranched alkanes of at least 4 members (excludes halogenated alkanes) is 19. The Hall–Kier alpha value is -1.25. The number of nitrogens with zero attached hydrogens (tertiary/aromatic N) is 1. The molecule has 0 aliphatic heterocycles. The third-order valence-corrected chi connectivity index (χ3v) is 9.28. The Bertz CT molecular complexity index is 845. The second-order valence-electron chi connectivity index (χ2n) is 14.3. The number of phosphoric ester groups is 1. The van der Waals surface area contributed by atoms with Gasteiger partial charge in [-0.25, -0.2) is 4.57 Å². The summed E-state index contributed by atoms with van der Waals surface area (Å²) in [5.41, 5.74) is 0. The van der Waals surface area contributed by atoms with Crippen molar-refractivity contribution in [1.29, 1.82) is 0 Å². The van der Waals surface area contributed by atoms with Crippen molar-refractivity contribution in [1.82, 2.24) is 0 Å². The van der Waals surface area contributed by atoms with Crippen LogP contribution in [-0.2, 0) is 32.7 Å². The molecule has 0 heterocycles. The molecule has 0 aromatic carbocycles. The summed E-state index contributed by atoms with van der Waals surface area (Å²) in [6.07, 6.45) is 29.9. The first-order chi connectivity index (χ1) is 23.0. The molecule has 0 rings (SSSR count). The molecule has 0 fully saturated rings. The van der Waals surface area contributed by atoms with Crippen LogP contribution in [0, 0.1) is 0 Å². The molecule has 2 atom stereocenters. The number of carbonyl (C=O) groups is 2. The second kappa shape index (κ2) is 31.7. The monoisotopic (exact) mass is 705 g/mol. The van der Waals surface area contributed by atoms with Gasteiger partial charge in [-0.1, -0.05) is 129 Å². The zero-order valence-corrected chi connectivity index (χ0v) is 32.6. The van der Waals surface area contributed by atoms with E-state index in [1.54, 1.807) is 0 Å². The van der Waals surface area contributed by atoms with E-state index in [2.05, 4.69) is 26.0 Å². The first kappa shape index (κ1) is 46.8. The van der Waals surface area contributed by atoms with Gasteiger partial charge in [0.1, 0.15) is 19.8 Å². The Balaban J connectivity index is 4.33. The number of ether oxygens (including phenoxy) is 2. The van der Waals surface area contributed by atoms with E-state index in [0.29, 0.717) is 17.4 Å². The quantitative estimate of drug-likeness (QED) is 0.0228. The Labute approximate surface area is 295 Å². The highest BCUT2D eigenvalue weighted by Crippen LogP contribution is 2.43. The molecule has 0 aromatic heterocycles. The minimum atomic E-state index is -4.36. The van der Waals surface area contributed by atoms with Crippen molar-refractivity contribution in [2.75, 3.05) is 47.5 Å². The van der Waals surface area contributed by atoms with Crippen LogP contribution in [0.15, 0.2) is 12.2 Å². The molecule has 0 saturated carbocycles. The van der Waals surface area contributed by atoms with Crippen molar-refractivity contribution in [3.8, 4) is 0 Å². The van der Waals surface area contributed by atoms with E-state index in [1.165, 1.54) is 89.9 Å². The number of hydrogen-bond acceptors (Lipinski definition) is 7. The maximum Gasteiger partial charge on any atom is 0.472 e. The zero-order valence-electron chi connectivity index (χ0n) is 31.7. The molecular formula is C38H75NO8P+. The molecule has 1 unspecified atom stereocenters. The molecule has 0 aromatic rings. The number of hydrogen-bond donors (Lipinski definition) is 1. The van der Waals surface area contributed by atoms with Crippen molar-refractivity contribution in [3.05, 3.63) is 12.2 Å². The van der Waals surface area contributed by atoms with Crippen molar-refractivity contribution >= 4 is 19.8 Å². The maximum atomic E-state index is 12.6. The molecule has 0 radical (unpaired) electrons. The predicted octanol–water partition coefficient (Wildman–Crippen LogP) is 10.2. The van der Waals surface area contributed by atoms with Gasteiger partial charge in [-0.2, -0.15) is 0 Å². The van der Waals surface area contributed by atoms with E-state index in [-0.39, 0.29) is 32.0 Å². The number of carbonyl (C=O) groups excluding carboxylic acids is 2. The highest BCUT2D eigenvalue weighted by atomic mass is 31.2. The van der Waals surface area contributed by atoms with Gasteiger partial charge in [-0.15, -0.1) is 0 Å². The minimum Gasteiger partial charge on any atom is -0.462 e. The molecule has 0 aliphatic rings. The number of quaternary nitrogens is 1. The number of likely N-dealkylation sites (N-methyl/N-ethyl adjacent to an activating group) is 1. The summed E-state index contributed by atoms with van der Waals surface area (Å²) in [4.78, 5) is 35.0. The Morgan fingerprint density at radius 3 is 1.54 bits per heavy atom. The summed E-state index contributed by atoms with van der Waals surface area (Å²) in [6, 6.07) is 0. The van der Waals surface area contributed by atoms with Crippen molar-refractivity contribution < 1.29 is 42.1 Å². The number of rotatable bonds is 35. The smallest absolute Gasteiger partial charge is 0.462 e. The molecule has 284 valence electrons. The number of esters is 2. The highest BCUT2D eigenvalue weighted by Gasteiger charge is 2.27. The molecule has 0 saturated heterocycles. The van der Waals surface area contributed by atoms with Crippen molar-refractivity contribution in [2.45, 2.75) is 174 Å². The van der Waals surface area contributed by atoms with Gasteiger partial charge in [0.2, 0.25) is 0 Å². The molecule has 0 aliphatic carbocycles. The SMILES string of the molecule is CCCCCCCC/C=C/CCCCCCCCCC(=O)O[C@H](COC(=O)CCCCCCCCC)COP(=O)(O)OCC[N+](C)(C)C. The van der Waals surface area contributed by atoms with Crippen LogP contribution in [0.2, 0.25) is 0 Å². The maximum absolute atomic E-state index is 12.6. The van der Waals surface area contributed by atoms with E-state index in [9.17, 15) is 19.0 Å². The van der Waals surface area contributed by atoms with Crippen molar-refractivity contribution in [2.24, 2.45) is 0 Å². The first-order valence-electron chi connectivity index (χ1n) is 19.4. The van der Waals surface area contributed by atoms with E-state index in [0.717, 1.165) is 44.9 Å². The summed E-state index contributed by atoms with van der Waals surface area (Å²) in [5.74, 6) is -0.807. The van der Waals surface area contributed by atoms with E-state index < -0.39 is 26.5 Å². The van der Waals surface area contributed by atoms with Gasteiger partial charge in [-0.3, -0.25) is 18.6 Å². The summed E-state index contributed by atoms with van der Waals surface area (Å²) in [7, 11) is 1.48. The zero-order chi connectivity index (χ0) is 35.8. The lowest BCUT2D eigenvalue weighted by atomic mass is 10.1. The highest BCUT2D eigenvalue weighted by molar-refractivity contribution is 7.47. The molecule has 1 N–H and O–H groups in total. The standard InChI is InChI=1S/C38H74NO8P/c1-6-8-10-12-14-15-16-17-18-19-20-21-22-23-25-27-29-31-38(41)47-36(35-46-48(42,43)45-33-32-39(3,4)5)34-44-37(40)30-28-26-24-13-11-9-7-2/h17-18,36H,6-16,19-35H2,1-5H3/p+1/b18-17+/t36-/m1/s1. The Kier molecular flexibility index (Phi) is 30.9. The third-order valence-electron chi connectivity index (χ3n) is 8.30. The van der Waals surface area contributed by atoms with Gasteiger partial charge in [0.25, 0.3) is 0 Å². The van der Waals surface area contributed by atoms with Crippen LogP contribution in [0.1, 0.15) is 168 Å². The van der Waals surface area contributed by atoms with E-state index in [4.69, 9.17) is 18.5 Å². The second-order valence-corrected chi connectivity index (χ2v) is 15.8. The summed E-state index contributed by atoms with van der Waals surface area (Å²) in [6.45, 7) is 4.36. The summed E-state index contributed by atoms with van der Waals surface area (Å²) < 4.78 is 34.1. The molecular weight excluding hydrogens is 629 g/mol. The van der Waals surface area contributed by atoms with E-state index >= 15 is 0 Å². The van der Waals surface area contributed by atoms with Gasteiger partial charge in [0, 0.05) is 12.8 Å². The summed E-state index contributed by atoms with van der Waals surface area (Å²) in [5, 5.41) is 0. The predicted molar refractivity (Wildman–Crippen MR) is 197 cm³/mol. The van der Waals surface area contributed by atoms with Gasteiger partial charge in [0.15, 0.2) is 6.10 Å². The van der Waals surface area contributed by atoms with Gasteiger partial charge < -0.3 is 18.9 Å².